The highest BCUT2D eigenvalue weighted by Gasteiger charge is 2.62. The van der Waals surface area contributed by atoms with E-state index in [4.69, 9.17) is 9.84 Å². The van der Waals surface area contributed by atoms with Gasteiger partial charge in [0.1, 0.15) is 5.76 Å². The van der Waals surface area contributed by atoms with Crippen LogP contribution < -0.4 is 5.32 Å². The van der Waals surface area contributed by atoms with Crippen molar-refractivity contribution < 1.29 is 19.4 Å². The number of anilines is 1. The van der Waals surface area contributed by atoms with Crippen molar-refractivity contribution in [3.05, 3.63) is 71.3 Å². The number of ether oxygens (including phenoxy) is 1. The first-order valence-corrected chi connectivity index (χ1v) is 11.6. The van der Waals surface area contributed by atoms with Gasteiger partial charge in [-0.25, -0.2) is 0 Å². The first-order valence-electron chi connectivity index (χ1n) is 11.6. The lowest BCUT2D eigenvalue weighted by atomic mass is 9.81. The number of carboxylic acid groups (broad SMARTS) is 1. The number of rotatable bonds is 7. The number of aliphatic carboxylic acids is 1. The minimum Gasteiger partial charge on any atom is -0.494 e. The van der Waals surface area contributed by atoms with Crippen molar-refractivity contribution in [3.63, 3.8) is 0 Å². The van der Waals surface area contributed by atoms with Crippen LogP contribution in [0.15, 0.2) is 60.1 Å². The maximum absolute atomic E-state index is 13.4. The fourth-order valence-corrected chi connectivity index (χ4v) is 5.30. The van der Waals surface area contributed by atoms with E-state index in [1.54, 1.807) is 24.4 Å². The minimum atomic E-state index is -0.849. The maximum Gasteiger partial charge on any atom is 0.303 e. The average molecular weight is 459 g/mol. The molecule has 1 aromatic heterocycles. The van der Waals surface area contributed by atoms with Crippen molar-refractivity contribution in [2.45, 2.75) is 44.6 Å². The second kappa shape index (κ2) is 8.82. The summed E-state index contributed by atoms with van der Waals surface area (Å²) in [4.78, 5) is 24.3. The average Bonchev–Trinajstić information content (AvgIpc) is 3.28. The molecular weight excluding hydrogens is 432 g/mol. The van der Waals surface area contributed by atoms with Gasteiger partial charge in [0.25, 0.3) is 0 Å². The van der Waals surface area contributed by atoms with Gasteiger partial charge in [0.2, 0.25) is 5.91 Å². The molecule has 0 radical (unpaired) electrons. The standard InChI is InChI=1S/C26H26N4O4/c27-16-17-5-6-18(3-1-4-24(31)32)22(13-17)29-25(33)21-15-26(21)9-12-34-23-8-7-19(14-20(23)26)30-11-2-10-28-30/h2,5-8,10-11,13,19,21H,1,3-4,9,12,14-15H2,(H,29,33)(H,31,32)/t19?,21-,26-/m0/s1. The van der Waals surface area contributed by atoms with Crippen LogP contribution in [0.5, 0.6) is 0 Å². The van der Waals surface area contributed by atoms with Crippen LogP contribution in [-0.4, -0.2) is 33.4 Å². The summed E-state index contributed by atoms with van der Waals surface area (Å²) in [6.45, 7) is 0.587. The van der Waals surface area contributed by atoms with E-state index in [9.17, 15) is 14.9 Å². The van der Waals surface area contributed by atoms with Crippen molar-refractivity contribution in [1.29, 1.82) is 5.26 Å². The lowest BCUT2D eigenvalue weighted by molar-refractivity contribution is -0.137. The highest BCUT2D eigenvalue weighted by Crippen LogP contribution is 2.65. The molecule has 3 aliphatic rings. The number of carboxylic acids is 1. The highest BCUT2D eigenvalue weighted by molar-refractivity contribution is 5.96. The van der Waals surface area contributed by atoms with E-state index in [1.165, 1.54) is 5.57 Å². The second-order valence-corrected chi connectivity index (χ2v) is 9.19. The van der Waals surface area contributed by atoms with Gasteiger partial charge in [-0.2, -0.15) is 10.4 Å². The van der Waals surface area contributed by atoms with E-state index in [0.717, 1.165) is 30.6 Å². The van der Waals surface area contributed by atoms with Crippen LogP contribution in [-0.2, 0) is 20.7 Å². The van der Waals surface area contributed by atoms with E-state index in [-0.39, 0.29) is 29.7 Å². The van der Waals surface area contributed by atoms with Gasteiger partial charge in [0.05, 0.1) is 24.3 Å². The van der Waals surface area contributed by atoms with Crippen LogP contribution in [0.1, 0.15) is 49.3 Å². The summed E-state index contributed by atoms with van der Waals surface area (Å²) in [7, 11) is 0. The van der Waals surface area contributed by atoms with E-state index >= 15 is 0 Å². The van der Waals surface area contributed by atoms with Crippen LogP contribution in [0.25, 0.3) is 0 Å². The molecule has 174 valence electrons. The van der Waals surface area contributed by atoms with Gasteiger partial charge in [0, 0.05) is 35.8 Å². The minimum absolute atomic E-state index is 0.0565. The summed E-state index contributed by atoms with van der Waals surface area (Å²) < 4.78 is 7.86. The van der Waals surface area contributed by atoms with E-state index in [0.29, 0.717) is 30.7 Å². The number of hydrogen-bond donors (Lipinski definition) is 2. The molecule has 0 saturated heterocycles. The summed E-state index contributed by atoms with van der Waals surface area (Å²) in [6, 6.07) is 9.29. The van der Waals surface area contributed by atoms with E-state index in [1.807, 2.05) is 23.0 Å². The van der Waals surface area contributed by atoms with Crippen LogP contribution in [0.4, 0.5) is 5.69 Å². The molecule has 1 aromatic carbocycles. The Morgan fingerprint density at radius 1 is 1.38 bits per heavy atom. The number of aryl methyl sites for hydroxylation is 1. The van der Waals surface area contributed by atoms with Gasteiger partial charge >= 0.3 is 5.97 Å². The Morgan fingerprint density at radius 3 is 3.03 bits per heavy atom. The maximum atomic E-state index is 13.4. The molecule has 1 aliphatic heterocycles. The number of carbonyl (C=O) groups is 2. The Bertz CT molecular complexity index is 1220. The predicted molar refractivity (Wildman–Crippen MR) is 124 cm³/mol. The van der Waals surface area contributed by atoms with Crippen molar-refractivity contribution in [2.24, 2.45) is 11.3 Å². The number of hydrogen-bond acceptors (Lipinski definition) is 5. The summed E-state index contributed by atoms with van der Waals surface area (Å²) in [5.41, 5.74) is 2.88. The molecule has 2 aliphatic carbocycles. The Hall–Kier alpha value is -3.86. The highest BCUT2D eigenvalue weighted by atomic mass is 16.5. The van der Waals surface area contributed by atoms with Crippen LogP contribution in [0.2, 0.25) is 0 Å². The molecule has 1 fully saturated rings. The summed E-state index contributed by atoms with van der Waals surface area (Å²) in [5, 5.41) is 25.7. The van der Waals surface area contributed by atoms with Crippen molar-refractivity contribution in [1.82, 2.24) is 9.78 Å². The third-order valence-corrected chi connectivity index (χ3v) is 7.18. The number of nitriles is 1. The Balaban J connectivity index is 1.33. The monoisotopic (exact) mass is 458 g/mol. The van der Waals surface area contributed by atoms with Crippen molar-refractivity contribution >= 4 is 17.6 Å². The molecule has 8 heteroatoms. The zero-order valence-electron chi connectivity index (χ0n) is 18.7. The van der Waals surface area contributed by atoms with Gasteiger partial charge in [-0.3, -0.25) is 14.3 Å². The molecule has 1 unspecified atom stereocenters. The molecule has 1 saturated carbocycles. The van der Waals surface area contributed by atoms with Crippen LogP contribution >= 0.6 is 0 Å². The Morgan fingerprint density at radius 2 is 2.26 bits per heavy atom. The van der Waals surface area contributed by atoms with Crippen LogP contribution in [0.3, 0.4) is 0 Å². The molecule has 8 nitrogen and oxygen atoms in total. The molecular formula is C26H26N4O4. The molecule has 1 spiro atoms. The second-order valence-electron chi connectivity index (χ2n) is 9.19. The number of nitrogens with one attached hydrogen (secondary N) is 1. The third kappa shape index (κ3) is 4.10. The zero-order chi connectivity index (χ0) is 23.7. The number of allylic oxidation sites excluding steroid dienone is 3. The number of nitrogens with zero attached hydrogens (tertiary/aromatic N) is 3. The predicted octanol–water partition coefficient (Wildman–Crippen LogP) is 3.98. The molecule has 2 aromatic rings. The van der Waals surface area contributed by atoms with Crippen LogP contribution in [0, 0.1) is 22.7 Å². The Labute approximate surface area is 197 Å². The number of aromatic nitrogens is 2. The van der Waals surface area contributed by atoms with Gasteiger partial charge in [-0.1, -0.05) is 12.1 Å². The summed E-state index contributed by atoms with van der Waals surface area (Å²) in [6.07, 6.45) is 11.2. The van der Waals surface area contributed by atoms with Gasteiger partial charge in [0.15, 0.2) is 0 Å². The smallest absolute Gasteiger partial charge is 0.303 e. The van der Waals surface area contributed by atoms with E-state index < -0.39 is 5.97 Å². The molecule has 3 atom stereocenters. The number of fused-ring (bicyclic) bond motifs is 1. The molecule has 34 heavy (non-hydrogen) atoms. The van der Waals surface area contributed by atoms with Crippen molar-refractivity contribution in [3.8, 4) is 6.07 Å². The topological polar surface area (TPSA) is 117 Å². The molecule has 2 heterocycles. The fourth-order valence-electron chi connectivity index (χ4n) is 5.30. The SMILES string of the molecule is N#Cc1ccc(CCCC(=O)O)c(NC(=O)[C@@H]2C[C@]23CCOC2=C3CC(n3cccn3)C=C2)c1. The lowest BCUT2D eigenvalue weighted by Crippen LogP contribution is -2.28. The quantitative estimate of drug-likeness (QED) is 0.648. The summed E-state index contributed by atoms with van der Waals surface area (Å²) >= 11 is 0. The molecule has 1 amide bonds. The normalized spacial score (nSPS) is 24.8. The van der Waals surface area contributed by atoms with Gasteiger partial charge in [-0.15, -0.1) is 0 Å². The first-order chi connectivity index (χ1) is 16.5. The molecule has 5 rings (SSSR count). The third-order valence-electron chi connectivity index (χ3n) is 7.18. The molecule has 2 N–H and O–H groups in total. The number of benzene rings is 1. The number of carbonyl (C=O) groups excluding carboxylic acids is 1. The van der Waals surface area contributed by atoms with Gasteiger partial charge in [-0.05, 0) is 67.5 Å². The fraction of sp³-hybridized carbons (Fsp3) is 0.385. The van der Waals surface area contributed by atoms with Crippen molar-refractivity contribution in [2.75, 3.05) is 11.9 Å². The van der Waals surface area contributed by atoms with Gasteiger partial charge < -0.3 is 15.2 Å². The van der Waals surface area contributed by atoms with E-state index in [2.05, 4.69) is 22.6 Å². The molecule has 0 bridgehead atoms. The Kier molecular flexibility index (Phi) is 5.70. The largest absolute Gasteiger partial charge is 0.494 e. The first kappa shape index (κ1) is 22.0. The zero-order valence-corrected chi connectivity index (χ0v) is 18.7. The number of amides is 1. The lowest BCUT2D eigenvalue weighted by Gasteiger charge is -2.33. The summed E-state index contributed by atoms with van der Waals surface area (Å²) in [5.74, 6) is -0.194.